The van der Waals surface area contributed by atoms with Gasteiger partial charge in [-0.3, -0.25) is 14.8 Å². The molecule has 2 aromatic heterocycles. The summed E-state index contributed by atoms with van der Waals surface area (Å²) in [6.45, 7) is 9.52. The number of carbonyl (C=O) groups excluding carboxylic acids is 1. The molecule has 1 atom stereocenters. The zero-order chi connectivity index (χ0) is 24.2. The summed E-state index contributed by atoms with van der Waals surface area (Å²) in [5, 5.41) is 16.6. The number of aromatic amines is 1. The number of aryl methyl sites for hydroxylation is 4. The molecular weight excluding hydrogens is 428 g/mol. The van der Waals surface area contributed by atoms with Crippen molar-refractivity contribution in [3.63, 3.8) is 0 Å². The van der Waals surface area contributed by atoms with Gasteiger partial charge in [-0.15, -0.1) is 0 Å². The number of anilines is 4. The number of nitrogens with zero attached hydrogens (tertiary/aromatic N) is 4. The highest BCUT2D eigenvalue weighted by Gasteiger charge is 2.27. The van der Waals surface area contributed by atoms with E-state index in [2.05, 4.69) is 67.0 Å². The Balaban J connectivity index is 1.55. The zero-order valence-corrected chi connectivity index (χ0v) is 20.6. The Morgan fingerprint density at radius 3 is 2.65 bits per heavy atom. The maximum Gasteiger partial charge on any atom is 0.233 e. The molecule has 0 radical (unpaired) electrons. The van der Waals surface area contributed by atoms with Crippen LogP contribution in [0.5, 0.6) is 0 Å². The van der Waals surface area contributed by atoms with Crippen molar-refractivity contribution < 1.29 is 4.79 Å². The topological polar surface area (TPSA) is 111 Å². The maximum absolute atomic E-state index is 12.0. The summed E-state index contributed by atoms with van der Waals surface area (Å²) < 4.78 is 0. The molecule has 1 aliphatic heterocycles. The van der Waals surface area contributed by atoms with E-state index in [4.69, 9.17) is 0 Å². The SMILES string of the molecule is CNC(=O)CN1CCCCC1c1cc(C)c(Nc2ncc(C)c(Nc3cc(C)[nH]n3)n2)cc1C. The first-order valence-electron chi connectivity index (χ1n) is 11.8. The van der Waals surface area contributed by atoms with Crippen LogP contribution in [0, 0.1) is 27.7 Å². The fourth-order valence-electron chi connectivity index (χ4n) is 4.48. The van der Waals surface area contributed by atoms with Crippen molar-refractivity contribution in [2.75, 3.05) is 30.8 Å². The lowest BCUT2D eigenvalue weighted by Crippen LogP contribution is -2.40. The quantitative estimate of drug-likeness (QED) is 0.417. The summed E-state index contributed by atoms with van der Waals surface area (Å²) in [7, 11) is 1.70. The number of hydrogen-bond acceptors (Lipinski definition) is 7. The second-order valence-corrected chi connectivity index (χ2v) is 9.09. The molecule has 9 heteroatoms. The standard InChI is InChI=1S/C25H34N8O/c1-15-11-20(16(2)10-19(15)21-8-6-7-9-33(21)14-23(34)26-5)28-25-27-13-17(3)24(30-25)29-22-12-18(4)31-32-22/h10-13,21H,6-9,14H2,1-5H3,(H,26,34)(H3,27,28,29,30,31,32). The van der Waals surface area contributed by atoms with E-state index in [1.54, 1.807) is 13.2 Å². The number of amides is 1. The van der Waals surface area contributed by atoms with Crippen LogP contribution in [-0.2, 0) is 4.79 Å². The summed E-state index contributed by atoms with van der Waals surface area (Å²) in [6.07, 6.45) is 5.17. The van der Waals surface area contributed by atoms with Crippen LogP contribution in [0.4, 0.5) is 23.3 Å². The largest absolute Gasteiger partial charge is 0.358 e. The highest BCUT2D eigenvalue weighted by molar-refractivity contribution is 5.77. The number of nitrogens with one attached hydrogen (secondary N) is 4. The molecule has 1 amide bonds. The van der Waals surface area contributed by atoms with E-state index in [0.29, 0.717) is 18.3 Å². The van der Waals surface area contributed by atoms with Gasteiger partial charge in [0.05, 0.1) is 6.54 Å². The molecule has 0 saturated carbocycles. The number of rotatable bonds is 7. The van der Waals surface area contributed by atoms with Gasteiger partial charge in [-0.2, -0.15) is 10.1 Å². The van der Waals surface area contributed by atoms with Crippen LogP contribution in [0.2, 0.25) is 0 Å². The normalized spacial score (nSPS) is 16.3. The molecule has 1 fully saturated rings. The first-order chi connectivity index (χ1) is 16.3. The van der Waals surface area contributed by atoms with Crippen molar-refractivity contribution in [3.8, 4) is 0 Å². The molecule has 1 aliphatic rings. The van der Waals surface area contributed by atoms with Gasteiger partial charge in [0, 0.05) is 42.3 Å². The molecule has 0 aliphatic carbocycles. The lowest BCUT2D eigenvalue weighted by molar-refractivity contribution is -0.122. The van der Waals surface area contributed by atoms with Crippen LogP contribution in [0.15, 0.2) is 24.4 Å². The second-order valence-electron chi connectivity index (χ2n) is 9.09. The van der Waals surface area contributed by atoms with Gasteiger partial charge in [0.15, 0.2) is 5.82 Å². The van der Waals surface area contributed by atoms with Crippen LogP contribution in [0.1, 0.15) is 53.3 Å². The number of H-pyrrole nitrogens is 1. The third kappa shape index (κ3) is 5.36. The third-order valence-corrected chi connectivity index (χ3v) is 6.38. The lowest BCUT2D eigenvalue weighted by Gasteiger charge is -2.36. The molecule has 4 rings (SSSR count). The van der Waals surface area contributed by atoms with E-state index in [-0.39, 0.29) is 11.9 Å². The van der Waals surface area contributed by atoms with Gasteiger partial charge in [-0.1, -0.05) is 12.5 Å². The summed E-state index contributed by atoms with van der Waals surface area (Å²) >= 11 is 0. The first kappa shape index (κ1) is 23.7. The summed E-state index contributed by atoms with van der Waals surface area (Å²) in [4.78, 5) is 23.5. The predicted octanol–water partition coefficient (Wildman–Crippen LogP) is 4.19. The van der Waals surface area contributed by atoms with Gasteiger partial charge in [-0.25, -0.2) is 4.98 Å². The van der Waals surface area contributed by atoms with Crippen molar-refractivity contribution in [3.05, 3.63) is 52.3 Å². The molecule has 4 N–H and O–H groups in total. The molecule has 0 spiro atoms. The van der Waals surface area contributed by atoms with Crippen LogP contribution in [0.3, 0.4) is 0 Å². The fraction of sp³-hybridized carbons (Fsp3) is 0.440. The Hall–Kier alpha value is -3.46. The van der Waals surface area contributed by atoms with Gasteiger partial charge in [0.25, 0.3) is 0 Å². The molecule has 3 heterocycles. The lowest BCUT2D eigenvalue weighted by atomic mass is 9.90. The minimum absolute atomic E-state index is 0.0606. The smallest absolute Gasteiger partial charge is 0.233 e. The van der Waals surface area contributed by atoms with E-state index in [9.17, 15) is 4.79 Å². The Morgan fingerprint density at radius 1 is 1.09 bits per heavy atom. The van der Waals surface area contributed by atoms with Gasteiger partial charge < -0.3 is 16.0 Å². The Kier molecular flexibility index (Phi) is 7.12. The highest BCUT2D eigenvalue weighted by atomic mass is 16.1. The van der Waals surface area contributed by atoms with Crippen LogP contribution in [0.25, 0.3) is 0 Å². The van der Waals surface area contributed by atoms with E-state index < -0.39 is 0 Å². The van der Waals surface area contributed by atoms with Crippen molar-refractivity contribution >= 4 is 29.2 Å². The van der Waals surface area contributed by atoms with Crippen LogP contribution in [-0.4, -0.2) is 51.1 Å². The number of benzene rings is 1. The molecule has 3 aromatic rings. The van der Waals surface area contributed by atoms with Crippen LogP contribution >= 0.6 is 0 Å². The fourth-order valence-corrected chi connectivity index (χ4v) is 4.48. The van der Waals surface area contributed by atoms with E-state index in [1.165, 1.54) is 17.5 Å². The van der Waals surface area contributed by atoms with Crippen LogP contribution < -0.4 is 16.0 Å². The molecule has 0 bridgehead atoms. The molecule has 1 saturated heterocycles. The summed E-state index contributed by atoms with van der Waals surface area (Å²) in [6, 6.07) is 6.58. The molecule has 1 unspecified atom stereocenters. The number of piperidine rings is 1. The number of aromatic nitrogens is 4. The third-order valence-electron chi connectivity index (χ3n) is 6.38. The van der Waals surface area contributed by atoms with Crippen molar-refractivity contribution in [2.24, 2.45) is 0 Å². The Bertz CT molecular complexity index is 1170. The summed E-state index contributed by atoms with van der Waals surface area (Å²) in [5.41, 5.74) is 6.48. The molecule has 34 heavy (non-hydrogen) atoms. The van der Waals surface area contributed by atoms with Gasteiger partial charge in [0.2, 0.25) is 11.9 Å². The Morgan fingerprint density at radius 2 is 1.91 bits per heavy atom. The minimum atomic E-state index is 0.0606. The second kappa shape index (κ2) is 10.2. The van der Waals surface area contributed by atoms with Crippen molar-refractivity contribution in [1.82, 2.24) is 30.4 Å². The van der Waals surface area contributed by atoms with E-state index >= 15 is 0 Å². The predicted molar refractivity (Wildman–Crippen MR) is 135 cm³/mol. The summed E-state index contributed by atoms with van der Waals surface area (Å²) in [5.74, 6) is 2.01. The van der Waals surface area contributed by atoms with Gasteiger partial charge in [0.1, 0.15) is 5.82 Å². The molecular formula is C25H34N8O. The molecule has 9 nitrogen and oxygen atoms in total. The minimum Gasteiger partial charge on any atom is -0.358 e. The van der Waals surface area contributed by atoms with Gasteiger partial charge in [-0.05, 0) is 69.8 Å². The van der Waals surface area contributed by atoms with Crippen molar-refractivity contribution in [1.29, 1.82) is 0 Å². The van der Waals surface area contributed by atoms with Crippen molar-refractivity contribution in [2.45, 2.75) is 53.0 Å². The number of likely N-dealkylation sites (tertiary alicyclic amines) is 1. The Labute approximate surface area is 200 Å². The van der Waals surface area contributed by atoms with E-state index in [0.717, 1.165) is 47.7 Å². The first-order valence-corrected chi connectivity index (χ1v) is 11.8. The average molecular weight is 463 g/mol. The number of likely N-dealkylation sites (N-methyl/N-ethyl adjacent to an activating group) is 1. The van der Waals surface area contributed by atoms with Gasteiger partial charge >= 0.3 is 0 Å². The monoisotopic (exact) mass is 462 g/mol. The highest BCUT2D eigenvalue weighted by Crippen LogP contribution is 2.35. The zero-order valence-electron chi connectivity index (χ0n) is 20.6. The number of hydrogen-bond donors (Lipinski definition) is 4. The molecule has 1 aromatic carbocycles. The van der Waals surface area contributed by atoms with E-state index in [1.807, 2.05) is 19.9 Å². The maximum atomic E-state index is 12.0. The average Bonchev–Trinajstić information content (AvgIpc) is 3.23. The molecule has 180 valence electrons. The number of carbonyl (C=O) groups is 1.